The summed E-state index contributed by atoms with van der Waals surface area (Å²) >= 11 is 0. The molecule has 0 bridgehead atoms. The molecule has 0 aromatic rings. The van der Waals surface area contributed by atoms with E-state index in [-0.39, 0.29) is 6.42 Å². The molecule has 0 aromatic heterocycles. The molecular weight excluding hydrogens is 184 g/mol. The molecule has 0 radical (unpaired) electrons. The van der Waals surface area contributed by atoms with E-state index in [1.807, 2.05) is 0 Å². The van der Waals surface area contributed by atoms with Crippen LogP contribution in [0.3, 0.4) is 0 Å². The standard InChI is InChI=1S/C9H12N2O3/c1-9(2,5-6(10)12)11-7(13)3-4-8(11)14/h3-4H,5H2,1-2H3,(H2,10,12). The number of imide groups is 1. The smallest absolute Gasteiger partial charge is 0.254 e. The Bertz CT molecular complexity index is 313. The van der Waals surface area contributed by atoms with Gasteiger partial charge in [0.25, 0.3) is 11.8 Å². The van der Waals surface area contributed by atoms with Crippen LogP contribution in [0, 0.1) is 0 Å². The molecule has 1 rings (SSSR count). The number of primary amides is 1. The van der Waals surface area contributed by atoms with Crippen LogP contribution in [0.5, 0.6) is 0 Å². The lowest BCUT2D eigenvalue weighted by Gasteiger charge is -2.32. The van der Waals surface area contributed by atoms with Gasteiger partial charge in [0.2, 0.25) is 5.91 Å². The topological polar surface area (TPSA) is 80.5 Å². The Morgan fingerprint density at radius 2 is 1.79 bits per heavy atom. The van der Waals surface area contributed by atoms with Crippen molar-refractivity contribution in [3.63, 3.8) is 0 Å². The molecule has 76 valence electrons. The van der Waals surface area contributed by atoms with E-state index in [4.69, 9.17) is 5.73 Å². The van der Waals surface area contributed by atoms with Gasteiger partial charge in [0.15, 0.2) is 0 Å². The van der Waals surface area contributed by atoms with Crippen LogP contribution in [0.1, 0.15) is 20.3 Å². The Morgan fingerprint density at radius 1 is 1.36 bits per heavy atom. The predicted molar refractivity (Wildman–Crippen MR) is 48.9 cm³/mol. The summed E-state index contributed by atoms with van der Waals surface area (Å²) in [4.78, 5) is 34.3. The van der Waals surface area contributed by atoms with Crippen LogP contribution in [0.4, 0.5) is 0 Å². The molecule has 0 aliphatic carbocycles. The van der Waals surface area contributed by atoms with Crippen molar-refractivity contribution in [1.82, 2.24) is 4.90 Å². The molecular formula is C9H12N2O3. The molecule has 5 heteroatoms. The van der Waals surface area contributed by atoms with Gasteiger partial charge in [-0.15, -0.1) is 0 Å². The summed E-state index contributed by atoms with van der Waals surface area (Å²) in [7, 11) is 0. The minimum atomic E-state index is -0.858. The van der Waals surface area contributed by atoms with Crippen LogP contribution in [0.2, 0.25) is 0 Å². The van der Waals surface area contributed by atoms with E-state index < -0.39 is 23.3 Å². The molecule has 3 amide bonds. The van der Waals surface area contributed by atoms with Gasteiger partial charge in [-0.05, 0) is 13.8 Å². The normalized spacial score (nSPS) is 16.6. The zero-order chi connectivity index (χ0) is 10.9. The predicted octanol–water partition coefficient (Wildman–Crippen LogP) is -0.435. The van der Waals surface area contributed by atoms with Crippen LogP contribution in [-0.4, -0.2) is 28.2 Å². The Morgan fingerprint density at radius 3 is 2.14 bits per heavy atom. The second-order valence-electron chi connectivity index (χ2n) is 3.80. The summed E-state index contributed by atoms with van der Waals surface area (Å²) in [6.07, 6.45) is 2.34. The van der Waals surface area contributed by atoms with Crippen LogP contribution in [-0.2, 0) is 14.4 Å². The average molecular weight is 196 g/mol. The van der Waals surface area contributed by atoms with Gasteiger partial charge in [-0.3, -0.25) is 19.3 Å². The molecule has 2 N–H and O–H groups in total. The molecule has 0 atom stereocenters. The average Bonchev–Trinajstić information content (AvgIpc) is 2.27. The van der Waals surface area contributed by atoms with Crippen molar-refractivity contribution in [2.75, 3.05) is 0 Å². The van der Waals surface area contributed by atoms with Gasteiger partial charge >= 0.3 is 0 Å². The molecule has 14 heavy (non-hydrogen) atoms. The summed E-state index contributed by atoms with van der Waals surface area (Å²) < 4.78 is 0. The highest BCUT2D eigenvalue weighted by Gasteiger charge is 2.38. The summed E-state index contributed by atoms with van der Waals surface area (Å²) in [6.45, 7) is 3.25. The van der Waals surface area contributed by atoms with E-state index in [9.17, 15) is 14.4 Å². The zero-order valence-corrected chi connectivity index (χ0v) is 8.11. The van der Waals surface area contributed by atoms with Crippen LogP contribution < -0.4 is 5.73 Å². The zero-order valence-electron chi connectivity index (χ0n) is 8.11. The highest BCUT2D eigenvalue weighted by molar-refractivity contribution is 6.13. The van der Waals surface area contributed by atoms with Gasteiger partial charge in [0, 0.05) is 18.6 Å². The third-order valence-electron chi connectivity index (χ3n) is 2.02. The number of hydrogen-bond donors (Lipinski definition) is 1. The molecule has 0 aromatic carbocycles. The first-order valence-electron chi connectivity index (χ1n) is 4.19. The third kappa shape index (κ3) is 1.81. The number of carbonyl (C=O) groups excluding carboxylic acids is 3. The molecule has 0 unspecified atom stereocenters. The molecule has 1 aliphatic heterocycles. The van der Waals surface area contributed by atoms with Crippen LogP contribution in [0.25, 0.3) is 0 Å². The second kappa shape index (κ2) is 3.25. The van der Waals surface area contributed by atoms with E-state index in [0.717, 1.165) is 4.90 Å². The van der Waals surface area contributed by atoms with E-state index in [1.165, 1.54) is 12.2 Å². The fourth-order valence-corrected chi connectivity index (χ4v) is 1.50. The van der Waals surface area contributed by atoms with Gasteiger partial charge in [0.05, 0.1) is 5.54 Å². The number of carbonyl (C=O) groups is 3. The number of amides is 3. The van der Waals surface area contributed by atoms with Gasteiger partial charge in [-0.2, -0.15) is 0 Å². The Hall–Kier alpha value is -1.65. The maximum atomic E-state index is 11.3. The molecule has 0 saturated heterocycles. The Balaban J connectivity index is 2.87. The van der Waals surface area contributed by atoms with E-state index >= 15 is 0 Å². The number of nitrogens with two attached hydrogens (primary N) is 1. The maximum Gasteiger partial charge on any atom is 0.254 e. The number of nitrogens with zero attached hydrogens (tertiary/aromatic N) is 1. The van der Waals surface area contributed by atoms with Crippen molar-refractivity contribution in [2.45, 2.75) is 25.8 Å². The van der Waals surface area contributed by atoms with E-state index in [1.54, 1.807) is 13.8 Å². The lowest BCUT2D eigenvalue weighted by molar-refractivity contribution is -0.143. The van der Waals surface area contributed by atoms with Crippen molar-refractivity contribution in [3.8, 4) is 0 Å². The van der Waals surface area contributed by atoms with Gasteiger partial charge in [-0.1, -0.05) is 0 Å². The lowest BCUT2D eigenvalue weighted by Crippen LogP contribution is -2.49. The fraction of sp³-hybridized carbons (Fsp3) is 0.444. The van der Waals surface area contributed by atoms with Gasteiger partial charge < -0.3 is 5.73 Å². The highest BCUT2D eigenvalue weighted by atomic mass is 16.2. The third-order valence-corrected chi connectivity index (χ3v) is 2.02. The molecule has 1 heterocycles. The second-order valence-corrected chi connectivity index (χ2v) is 3.80. The summed E-state index contributed by atoms with van der Waals surface area (Å²) in [5, 5.41) is 0. The van der Waals surface area contributed by atoms with Crippen molar-refractivity contribution in [3.05, 3.63) is 12.2 Å². The van der Waals surface area contributed by atoms with Crippen molar-refractivity contribution in [1.29, 1.82) is 0 Å². The van der Waals surface area contributed by atoms with Crippen molar-refractivity contribution in [2.24, 2.45) is 5.73 Å². The molecule has 0 spiro atoms. The first-order valence-corrected chi connectivity index (χ1v) is 4.19. The minimum absolute atomic E-state index is 0.0356. The van der Waals surface area contributed by atoms with Crippen LogP contribution in [0.15, 0.2) is 12.2 Å². The van der Waals surface area contributed by atoms with E-state index in [2.05, 4.69) is 0 Å². The maximum absolute atomic E-state index is 11.3. The SMILES string of the molecule is CC(C)(CC(N)=O)N1C(=O)C=CC1=O. The Labute approximate surface area is 81.5 Å². The quantitative estimate of drug-likeness (QED) is 0.621. The Kier molecular flexibility index (Phi) is 2.42. The fourth-order valence-electron chi connectivity index (χ4n) is 1.50. The molecule has 5 nitrogen and oxygen atoms in total. The first-order chi connectivity index (χ1) is 6.34. The molecule has 1 aliphatic rings. The molecule has 0 saturated carbocycles. The van der Waals surface area contributed by atoms with Gasteiger partial charge in [-0.25, -0.2) is 0 Å². The van der Waals surface area contributed by atoms with Gasteiger partial charge in [0.1, 0.15) is 0 Å². The monoisotopic (exact) mass is 196 g/mol. The van der Waals surface area contributed by atoms with E-state index in [0.29, 0.717) is 0 Å². The lowest BCUT2D eigenvalue weighted by atomic mass is 9.98. The highest BCUT2D eigenvalue weighted by Crippen LogP contribution is 2.22. The molecule has 0 fully saturated rings. The van der Waals surface area contributed by atoms with Crippen molar-refractivity contribution < 1.29 is 14.4 Å². The minimum Gasteiger partial charge on any atom is -0.370 e. The first kappa shape index (κ1) is 10.4. The summed E-state index contributed by atoms with van der Waals surface area (Å²) in [5.41, 5.74) is 4.17. The summed E-state index contributed by atoms with van der Waals surface area (Å²) in [6, 6.07) is 0. The number of rotatable bonds is 3. The summed E-state index contributed by atoms with van der Waals surface area (Å²) in [5.74, 6) is -1.34. The van der Waals surface area contributed by atoms with Crippen molar-refractivity contribution >= 4 is 17.7 Å². The largest absolute Gasteiger partial charge is 0.370 e. The number of hydrogen-bond acceptors (Lipinski definition) is 3. The van der Waals surface area contributed by atoms with Crippen LogP contribution >= 0.6 is 0 Å².